The fourth-order valence-corrected chi connectivity index (χ4v) is 0.0943. The summed E-state index contributed by atoms with van der Waals surface area (Å²) in [5.74, 6) is 0. The Hall–Kier alpha value is -0.640. The third-order valence-electron chi connectivity index (χ3n) is 0.164. The van der Waals surface area contributed by atoms with Crippen molar-refractivity contribution in [1.82, 2.24) is 4.94 Å². The zero-order chi connectivity index (χ0) is 4.83. The molecule has 0 heterocycles. The quantitative estimate of drug-likeness (QED) is 0.176. The predicted molar refractivity (Wildman–Crippen MR) is 22.6 cm³/mol. The van der Waals surface area contributed by atoms with E-state index in [2.05, 4.69) is 10.2 Å². The fraction of sp³-hybridized carbons (Fsp3) is 0. The number of hydrazone groups is 1. The van der Waals surface area contributed by atoms with E-state index in [0.29, 0.717) is 0 Å². The average molecular weight is 107 g/mol. The Balaban J connectivity index is 2.94. The molecular formula is CH3ClN4. The Morgan fingerprint density at radius 3 is 2.67 bits per heavy atom. The predicted octanol–water partition coefficient (Wildman–Crippen LogP) is 0.704. The van der Waals surface area contributed by atoms with Crippen LogP contribution < -0.4 is 4.94 Å². The van der Waals surface area contributed by atoms with Crippen molar-refractivity contribution in [3.05, 3.63) is 0 Å². The molecular weight excluding hydrogens is 103 g/mol. The van der Waals surface area contributed by atoms with Crippen molar-refractivity contribution in [3.8, 4) is 0 Å². The van der Waals surface area contributed by atoms with E-state index in [9.17, 15) is 0 Å². The molecule has 2 N–H and O–H groups in total. The van der Waals surface area contributed by atoms with Crippen LogP contribution in [0, 0.1) is 5.53 Å². The fourth-order valence-electron chi connectivity index (χ4n) is 0.0507. The Bertz CT molecular complexity index is 58.6. The zero-order valence-electron chi connectivity index (χ0n) is 2.85. The van der Waals surface area contributed by atoms with Gasteiger partial charge in [-0.15, -0.1) is 5.11 Å². The highest BCUT2D eigenvalue weighted by molar-refractivity contribution is 6.13. The molecule has 0 bridgehead atoms. The van der Waals surface area contributed by atoms with Gasteiger partial charge in [-0.25, -0.2) is 10.5 Å². The van der Waals surface area contributed by atoms with E-state index in [1.807, 2.05) is 4.94 Å². The number of hydrogen-bond donors (Lipinski definition) is 2. The summed E-state index contributed by atoms with van der Waals surface area (Å²) in [5, 5.41) is 5.86. The smallest absolute Gasteiger partial charge is 0.158 e. The summed E-state index contributed by atoms with van der Waals surface area (Å²) < 4.78 is 0. The highest BCUT2D eigenvalue weighted by Gasteiger charge is 1.54. The summed E-state index contributed by atoms with van der Waals surface area (Å²) in [6.45, 7) is 0. The maximum atomic E-state index is 6.08. The van der Waals surface area contributed by atoms with Gasteiger partial charge >= 0.3 is 0 Å². The van der Waals surface area contributed by atoms with Gasteiger partial charge in [-0.2, -0.15) is 5.10 Å². The normalized spacial score (nSPS) is 8.83. The molecule has 0 aromatic rings. The second-order valence-electron chi connectivity index (χ2n) is 0.458. The monoisotopic (exact) mass is 106 g/mol. The molecule has 0 saturated heterocycles. The van der Waals surface area contributed by atoms with Crippen LogP contribution in [-0.2, 0) is 0 Å². The summed E-state index contributed by atoms with van der Waals surface area (Å²) in [7, 11) is 0. The number of halogens is 1. The van der Waals surface area contributed by atoms with Crippen molar-refractivity contribution in [2.24, 2.45) is 10.2 Å². The molecule has 0 unspecified atom stereocenters. The van der Waals surface area contributed by atoms with Crippen molar-refractivity contribution in [2.45, 2.75) is 0 Å². The van der Waals surface area contributed by atoms with Crippen LogP contribution in [0.3, 0.4) is 0 Å². The van der Waals surface area contributed by atoms with Gasteiger partial charge < -0.3 is 0 Å². The molecule has 34 valence electrons. The molecule has 0 fully saturated rings. The lowest BCUT2D eigenvalue weighted by Gasteiger charge is -1.71. The first-order chi connectivity index (χ1) is 2.91. The van der Waals surface area contributed by atoms with Crippen LogP contribution in [0.4, 0.5) is 0 Å². The highest BCUT2D eigenvalue weighted by Crippen LogP contribution is 1.58. The Labute approximate surface area is 39.8 Å². The second kappa shape index (κ2) is 4.36. The maximum Gasteiger partial charge on any atom is 0.158 e. The lowest BCUT2D eigenvalue weighted by atomic mass is 11.4. The molecule has 0 amide bonds. The summed E-state index contributed by atoms with van der Waals surface area (Å²) in [6, 6.07) is 0. The molecule has 0 saturated carbocycles. The topological polar surface area (TPSA) is 60.6 Å². The van der Waals surface area contributed by atoms with E-state index in [4.69, 9.17) is 17.3 Å². The first-order valence-corrected chi connectivity index (χ1v) is 1.53. The minimum Gasteiger partial charge on any atom is -0.218 e. The van der Waals surface area contributed by atoms with Crippen LogP contribution in [0.25, 0.3) is 0 Å². The molecule has 0 aliphatic rings. The second-order valence-corrected chi connectivity index (χ2v) is 0.627. The van der Waals surface area contributed by atoms with Crippen molar-refractivity contribution < 1.29 is 0 Å². The summed E-state index contributed by atoms with van der Waals surface area (Å²) in [6.07, 6.45) is 0.979. The third-order valence-corrected chi connectivity index (χ3v) is 0.262. The molecule has 5 heteroatoms. The lowest BCUT2D eigenvalue weighted by Crippen LogP contribution is -1.80. The van der Waals surface area contributed by atoms with Crippen LogP contribution >= 0.6 is 11.8 Å². The van der Waals surface area contributed by atoms with Crippen molar-refractivity contribution in [3.63, 3.8) is 0 Å². The van der Waals surface area contributed by atoms with E-state index in [-0.39, 0.29) is 0 Å². The number of nitrogens with one attached hydrogen (secondary N) is 2. The van der Waals surface area contributed by atoms with Crippen LogP contribution in [0.1, 0.15) is 0 Å². The van der Waals surface area contributed by atoms with Crippen molar-refractivity contribution in [2.75, 3.05) is 0 Å². The summed E-state index contributed by atoms with van der Waals surface area (Å²) in [4.78, 5) is 1.90. The van der Waals surface area contributed by atoms with Crippen LogP contribution in [0.15, 0.2) is 10.2 Å². The van der Waals surface area contributed by atoms with Gasteiger partial charge in [-0.3, -0.25) is 0 Å². The number of hydrogen-bond acceptors (Lipinski definition) is 3. The Morgan fingerprint density at radius 2 is 2.50 bits per heavy atom. The molecule has 0 aliphatic heterocycles. The van der Waals surface area contributed by atoms with Gasteiger partial charge in [0.15, 0.2) is 6.34 Å². The lowest BCUT2D eigenvalue weighted by molar-refractivity contribution is 1.08. The minimum absolute atomic E-state index is 0.979. The van der Waals surface area contributed by atoms with Crippen LogP contribution in [-0.4, -0.2) is 6.34 Å². The van der Waals surface area contributed by atoms with E-state index in [1.165, 1.54) is 0 Å². The van der Waals surface area contributed by atoms with Gasteiger partial charge in [-0.1, -0.05) is 0 Å². The largest absolute Gasteiger partial charge is 0.218 e. The first kappa shape index (κ1) is 5.36. The number of rotatable bonds is 2. The molecule has 0 rings (SSSR count). The van der Waals surface area contributed by atoms with Gasteiger partial charge in [0.2, 0.25) is 0 Å². The molecule has 4 nitrogen and oxygen atoms in total. The summed E-state index contributed by atoms with van der Waals surface area (Å²) >= 11 is 4.79. The SMILES string of the molecule is N=N/C=N/NCl. The Kier molecular flexibility index (Phi) is 3.89. The number of nitrogens with zero attached hydrogens (tertiary/aromatic N) is 2. The zero-order valence-corrected chi connectivity index (χ0v) is 3.61. The molecule has 0 aromatic heterocycles. The molecule has 6 heavy (non-hydrogen) atoms. The molecule has 0 aliphatic carbocycles. The highest BCUT2D eigenvalue weighted by atomic mass is 35.5. The molecule has 0 spiro atoms. The van der Waals surface area contributed by atoms with Crippen LogP contribution in [0.5, 0.6) is 0 Å². The third kappa shape index (κ3) is 3.36. The van der Waals surface area contributed by atoms with Gasteiger partial charge in [0, 0.05) is 11.8 Å². The standard InChI is InChI=1S/CH3ClN4/c2-6-5-1-4-3/h1,3,6H/b4-3?,5-1+. The minimum atomic E-state index is 0.979. The molecule has 0 aromatic carbocycles. The van der Waals surface area contributed by atoms with E-state index in [0.717, 1.165) is 6.34 Å². The summed E-state index contributed by atoms with van der Waals surface area (Å²) in [5.41, 5.74) is 6.08. The van der Waals surface area contributed by atoms with Gasteiger partial charge in [-0.05, 0) is 0 Å². The van der Waals surface area contributed by atoms with Gasteiger partial charge in [0.1, 0.15) is 0 Å². The van der Waals surface area contributed by atoms with Gasteiger partial charge in [0.25, 0.3) is 0 Å². The Morgan fingerprint density at radius 1 is 1.83 bits per heavy atom. The van der Waals surface area contributed by atoms with Crippen molar-refractivity contribution >= 4 is 18.1 Å². The van der Waals surface area contributed by atoms with Crippen molar-refractivity contribution in [1.29, 1.82) is 5.53 Å². The first-order valence-electron chi connectivity index (χ1n) is 1.15. The maximum absolute atomic E-state index is 6.08. The molecule has 0 atom stereocenters. The van der Waals surface area contributed by atoms with Gasteiger partial charge in [0.05, 0.1) is 0 Å². The van der Waals surface area contributed by atoms with E-state index >= 15 is 0 Å². The van der Waals surface area contributed by atoms with Crippen LogP contribution in [0.2, 0.25) is 0 Å². The van der Waals surface area contributed by atoms with E-state index in [1.54, 1.807) is 0 Å². The van der Waals surface area contributed by atoms with E-state index < -0.39 is 0 Å². The average Bonchev–Trinajstić information content (AvgIpc) is 1.61. The molecule has 0 radical (unpaired) electrons.